The average molecular weight is 328 g/mol. The molecule has 5 heteroatoms. The maximum atomic E-state index is 12.9. The van der Waals surface area contributed by atoms with Crippen LogP contribution in [0.2, 0.25) is 0 Å². The van der Waals surface area contributed by atoms with E-state index in [9.17, 15) is 9.18 Å². The number of carbonyl (C=O) groups excluding carboxylic acids is 1. The first kappa shape index (κ1) is 16.5. The van der Waals surface area contributed by atoms with E-state index in [1.807, 2.05) is 6.07 Å². The lowest BCUT2D eigenvalue weighted by molar-refractivity contribution is 0.0945. The van der Waals surface area contributed by atoms with Crippen LogP contribution < -0.4 is 15.8 Å². The molecule has 126 valence electrons. The van der Waals surface area contributed by atoms with Gasteiger partial charge in [-0.3, -0.25) is 4.79 Å². The third kappa shape index (κ3) is 4.32. The predicted octanol–water partition coefficient (Wildman–Crippen LogP) is 2.87. The van der Waals surface area contributed by atoms with Gasteiger partial charge in [-0.2, -0.15) is 0 Å². The van der Waals surface area contributed by atoms with Crippen molar-refractivity contribution in [2.45, 2.75) is 25.5 Å². The van der Waals surface area contributed by atoms with Crippen LogP contribution in [0.1, 0.15) is 28.8 Å². The van der Waals surface area contributed by atoms with Gasteiger partial charge < -0.3 is 15.8 Å². The summed E-state index contributed by atoms with van der Waals surface area (Å²) in [5, 5.41) is 2.87. The summed E-state index contributed by atoms with van der Waals surface area (Å²) < 4.78 is 18.7. The molecule has 2 aromatic rings. The van der Waals surface area contributed by atoms with Gasteiger partial charge in [0.2, 0.25) is 0 Å². The average Bonchev–Trinajstić information content (AvgIpc) is 3.44. The number of amides is 1. The van der Waals surface area contributed by atoms with E-state index in [1.165, 1.54) is 12.1 Å². The number of hydrogen-bond donors (Lipinski definition) is 2. The molecule has 1 aliphatic rings. The van der Waals surface area contributed by atoms with Gasteiger partial charge in [0.15, 0.2) is 0 Å². The van der Waals surface area contributed by atoms with Crippen LogP contribution >= 0.6 is 0 Å². The number of benzene rings is 2. The van der Waals surface area contributed by atoms with Crippen LogP contribution in [-0.2, 0) is 6.61 Å². The molecule has 0 aliphatic heterocycles. The highest BCUT2D eigenvalue weighted by molar-refractivity contribution is 5.96. The van der Waals surface area contributed by atoms with E-state index in [0.717, 1.165) is 18.4 Å². The summed E-state index contributed by atoms with van der Waals surface area (Å²) >= 11 is 0. The summed E-state index contributed by atoms with van der Waals surface area (Å²) in [6, 6.07) is 13.2. The van der Waals surface area contributed by atoms with Gasteiger partial charge in [0, 0.05) is 12.6 Å². The molecule has 0 aromatic heterocycles. The Morgan fingerprint density at radius 3 is 2.62 bits per heavy atom. The van der Waals surface area contributed by atoms with E-state index < -0.39 is 0 Å². The molecule has 4 nitrogen and oxygen atoms in total. The number of ether oxygens (including phenoxy) is 1. The van der Waals surface area contributed by atoms with Crippen molar-refractivity contribution >= 4 is 5.91 Å². The second kappa shape index (κ2) is 7.45. The van der Waals surface area contributed by atoms with Gasteiger partial charge in [-0.05, 0) is 48.6 Å². The monoisotopic (exact) mass is 328 g/mol. The van der Waals surface area contributed by atoms with Crippen LogP contribution in [0.4, 0.5) is 4.39 Å². The molecule has 0 spiro atoms. The Kier molecular flexibility index (Phi) is 5.11. The molecule has 0 saturated heterocycles. The number of hydrogen-bond acceptors (Lipinski definition) is 3. The molecule has 1 unspecified atom stereocenters. The fourth-order valence-corrected chi connectivity index (χ4v) is 2.52. The first-order valence-corrected chi connectivity index (χ1v) is 8.13. The highest BCUT2D eigenvalue weighted by Gasteiger charge is 2.28. The normalized spacial score (nSPS) is 14.9. The van der Waals surface area contributed by atoms with E-state index in [2.05, 4.69) is 5.32 Å². The lowest BCUT2D eigenvalue weighted by atomic mass is 10.1. The van der Waals surface area contributed by atoms with Crippen molar-refractivity contribution in [2.75, 3.05) is 6.54 Å². The molecule has 1 amide bonds. The SMILES string of the molecule is NC(CNC(=O)c1ccccc1OCc1ccc(F)cc1)C1CC1. The summed E-state index contributed by atoms with van der Waals surface area (Å²) in [6.07, 6.45) is 2.29. The molecule has 24 heavy (non-hydrogen) atoms. The smallest absolute Gasteiger partial charge is 0.255 e. The van der Waals surface area contributed by atoms with Crippen molar-refractivity contribution < 1.29 is 13.9 Å². The van der Waals surface area contributed by atoms with E-state index in [0.29, 0.717) is 23.8 Å². The topological polar surface area (TPSA) is 64.3 Å². The Labute approximate surface area is 140 Å². The van der Waals surface area contributed by atoms with Crippen LogP contribution in [0.5, 0.6) is 5.75 Å². The molecule has 1 aliphatic carbocycles. The van der Waals surface area contributed by atoms with Crippen molar-refractivity contribution in [1.29, 1.82) is 0 Å². The van der Waals surface area contributed by atoms with Crippen molar-refractivity contribution in [3.8, 4) is 5.75 Å². The molecule has 0 radical (unpaired) electrons. The van der Waals surface area contributed by atoms with Gasteiger partial charge in [0.1, 0.15) is 18.2 Å². The van der Waals surface area contributed by atoms with Crippen molar-refractivity contribution in [3.05, 3.63) is 65.5 Å². The number of nitrogens with one attached hydrogen (secondary N) is 1. The lowest BCUT2D eigenvalue weighted by Gasteiger charge is -2.14. The van der Waals surface area contributed by atoms with Gasteiger partial charge in [0.05, 0.1) is 5.56 Å². The summed E-state index contributed by atoms with van der Waals surface area (Å²) in [5.41, 5.74) is 7.32. The highest BCUT2D eigenvalue weighted by atomic mass is 19.1. The van der Waals surface area contributed by atoms with E-state index in [-0.39, 0.29) is 24.4 Å². The third-order valence-corrected chi connectivity index (χ3v) is 4.17. The van der Waals surface area contributed by atoms with E-state index in [1.54, 1.807) is 30.3 Å². The summed E-state index contributed by atoms with van der Waals surface area (Å²) in [5.74, 6) is 0.556. The molecule has 3 N–H and O–H groups in total. The summed E-state index contributed by atoms with van der Waals surface area (Å²) in [7, 11) is 0. The molecule has 3 rings (SSSR count). The Balaban J connectivity index is 1.61. The Hall–Kier alpha value is -2.40. The van der Waals surface area contributed by atoms with E-state index >= 15 is 0 Å². The second-order valence-corrected chi connectivity index (χ2v) is 6.12. The second-order valence-electron chi connectivity index (χ2n) is 6.12. The minimum Gasteiger partial charge on any atom is -0.488 e. The van der Waals surface area contributed by atoms with Gasteiger partial charge in [-0.15, -0.1) is 0 Å². The van der Waals surface area contributed by atoms with Gasteiger partial charge >= 0.3 is 0 Å². The molecule has 0 bridgehead atoms. The van der Waals surface area contributed by atoms with Gasteiger partial charge in [0.25, 0.3) is 5.91 Å². The molecule has 1 saturated carbocycles. The number of nitrogens with two attached hydrogens (primary N) is 1. The van der Waals surface area contributed by atoms with Crippen molar-refractivity contribution in [1.82, 2.24) is 5.32 Å². The maximum absolute atomic E-state index is 12.9. The predicted molar refractivity (Wildman–Crippen MR) is 90.2 cm³/mol. The molecular weight excluding hydrogens is 307 g/mol. The van der Waals surface area contributed by atoms with Crippen molar-refractivity contribution in [3.63, 3.8) is 0 Å². The fourth-order valence-electron chi connectivity index (χ4n) is 2.52. The minimum absolute atomic E-state index is 0.0150. The zero-order chi connectivity index (χ0) is 16.9. The third-order valence-electron chi connectivity index (χ3n) is 4.17. The van der Waals surface area contributed by atoms with E-state index in [4.69, 9.17) is 10.5 Å². The highest BCUT2D eigenvalue weighted by Crippen LogP contribution is 2.31. The molecule has 2 aromatic carbocycles. The summed E-state index contributed by atoms with van der Waals surface area (Å²) in [4.78, 5) is 12.4. The van der Waals surface area contributed by atoms with Crippen LogP contribution in [0.25, 0.3) is 0 Å². The fraction of sp³-hybridized carbons (Fsp3) is 0.316. The van der Waals surface area contributed by atoms with Gasteiger partial charge in [-0.1, -0.05) is 24.3 Å². The largest absolute Gasteiger partial charge is 0.488 e. The number of para-hydroxylation sites is 1. The number of rotatable bonds is 7. The number of halogens is 1. The first-order chi connectivity index (χ1) is 11.6. The van der Waals surface area contributed by atoms with Crippen molar-refractivity contribution in [2.24, 2.45) is 11.7 Å². The molecular formula is C19H21FN2O2. The van der Waals surface area contributed by atoms with Crippen LogP contribution in [0.15, 0.2) is 48.5 Å². The molecule has 1 atom stereocenters. The Morgan fingerprint density at radius 2 is 1.92 bits per heavy atom. The zero-order valence-electron chi connectivity index (χ0n) is 13.4. The van der Waals surface area contributed by atoms with Crippen LogP contribution in [-0.4, -0.2) is 18.5 Å². The lowest BCUT2D eigenvalue weighted by Crippen LogP contribution is -2.38. The Morgan fingerprint density at radius 1 is 1.21 bits per heavy atom. The summed E-state index contributed by atoms with van der Waals surface area (Å²) in [6.45, 7) is 0.738. The number of carbonyl (C=O) groups is 1. The van der Waals surface area contributed by atoms with Gasteiger partial charge in [-0.25, -0.2) is 4.39 Å². The quantitative estimate of drug-likeness (QED) is 0.821. The Bertz CT molecular complexity index is 699. The standard InChI is InChI=1S/C19H21FN2O2/c20-15-9-5-13(6-10-15)12-24-18-4-2-1-3-16(18)19(23)22-11-17(21)14-7-8-14/h1-6,9-10,14,17H,7-8,11-12,21H2,(H,22,23). The maximum Gasteiger partial charge on any atom is 0.255 e. The van der Waals surface area contributed by atoms with Crippen LogP contribution in [0, 0.1) is 11.7 Å². The zero-order valence-corrected chi connectivity index (χ0v) is 13.4. The molecule has 0 heterocycles. The molecule has 1 fully saturated rings. The minimum atomic E-state index is -0.287. The first-order valence-electron chi connectivity index (χ1n) is 8.13. The van der Waals surface area contributed by atoms with Crippen LogP contribution in [0.3, 0.4) is 0 Å².